The normalized spacial score (nSPS) is 31.6. The number of hydrogen-bond acceptors (Lipinski definition) is 3. The van der Waals surface area contributed by atoms with Crippen molar-refractivity contribution in [1.29, 1.82) is 0 Å². The van der Waals surface area contributed by atoms with Crippen molar-refractivity contribution in [3.05, 3.63) is 0 Å². The van der Waals surface area contributed by atoms with Crippen LogP contribution in [0.15, 0.2) is 0 Å². The minimum atomic E-state index is 0.142. The van der Waals surface area contributed by atoms with Gasteiger partial charge in [-0.2, -0.15) is 0 Å². The number of nitrogens with two attached hydrogens (primary N) is 1. The molecule has 1 aliphatic carbocycles. The first-order valence-electron chi connectivity index (χ1n) is 5.12. The van der Waals surface area contributed by atoms with Gasteiger partial charge in [-0.15, -0.1) is 0 Å². The Bertz CT molecular complexity index is 139. The van der Waals surface area contributed by atoms with Gasteiger partial charge in [0, 0.05) is 13.2 Å². The van der Waals surface area contributed by atoms with Crippen molar-refractivity contribution >= 4 is 0 Å². The maximum atomic E-state index is 5.67. The van der Waals surface area contributed by atoms with Crippen LogP contribution in [0.1, 0.15) is 32.6 Å². The van der Waals surface area contributed by atoms with Gasteiger partial charge >= 0.3 is 0 Å². The molecule has 3 heteroatoms. The average molecular weight is 187 g/mol. The fourth-order valence-corrected chi connectivity index (χ4v) is 1.76. The van der Waals surface area contributed by atoms with Gasteiger partial charge in [-0.1, -0.05) is 0 Å². The molecule has 0 saturated heterocycles. The Balaban J connectivity index is 2.18. The Kier molecular flexibility index (Phi) is 4.70. The highest BCUT2D eigenvalue weighted by Crippen LogP contribution is 2.22. The van der Waals surface area contributed by atoms with E-state index >= 15 is 0 Å². The molecular weight excluding hydrogens is 166 g/mol. The Labute approximate surface area is 80.6 Å². The minimum Gasteiger partial charge on any atom is -0.381 e. The fraction of sp³-hybridized carbons (Fsp3) is 1.00. The molecule has 0 heterocycles. The standard InChI is InChI=1S/C10H21NO2/c1-8(11)7-13-10-5-3-4-9(6-10)12-2/h8-10H,3-7,11H2,1-2H3. The molecule has 0 amide bonds. The molecule has 0 radical (unpaired) electrons. The van der Waals surface area contributed by atoms with Crippen LogP contribution in [0, 0.1) is 0 Å². The summed E-state index contributed by atoms with van der Waals surface area (Å²) in [7, 11) is 1.78. The lowest BCUT2D eigenvalue weighted by atomic mass is 9.95. The van der Waals surface area contributed by atoms with Crippen molar-refractivity contribution in [3.63, 3.8) is 0 Å². The van der Waals surface area contributed by atoms with E-state index < -0.39 is 0 Å². The van der Waals surface area contributed by atoms with Gasteiger partial charge in [-0.05, 0) is 32.6 Å². The second-order valence-corrected chi connectivity index (χ2v) is 3.96. The summed E-state index contributed by atoms with van der Waals surface area (Å²) >= 11 is 0. The summed E-state index contributed by atoms with van der Waals surface area (Å²) < 4.78 is 11.0. The molecule has 0 aromatic rings. The molecule has 0 aliphatic heterocycles. The number of methoxy groups -OCH3 is 1. The summed E-state index contributed by atoms with van der Waals surface area (Å²) in [6.45, 7) is 2.64. The third-order valence-corrected chi connectivity index (χ3v) is 2.51. The van der Waals surface area contributed by atoms with Crippen molar-refractivity contribution in [1.82, 2.24) is 0 Å². The van der Waals surface area contributed by atoms with Crippen molar-refractivity contribution in [2.75, 3.05) is 13.7 Å². The van der Waals surface area contributed by atoms with E-state index in [1.54, 1.807) is 7.11 Å². The SMILES string of the molecule is COC1CCCC(OCC(C)N)C1. The zero-order valence-electron chi connectivity index (χ0n) is 8.66. The molecule has 1 fully saturated rings. The largest absolute Gasteiger partial charge is 0.381 e. The quantitative estimate of drug-likeness (QED) is 0.721. The second kappa shape index (κ2) is 5.58. The monoisotopic (exact) mass is 187 g/mol. The van der Waals surface area contributed by atoms with Crippen LogP contribution in [0.4, 0.5) is 0 Å². The smallest absolute Gasteiger partial charge is 0.0618 e. The van der Waals surface area contributed by atoms with E-state index in [9.17, 15) is 0 Å². The van der Waals surface area contributed by atoms with Crippen LogP contribution in [0.5, 0.6) is 0 Å². The van der Waals surface area contributed by atoms with Gasteiger partial charge < -0.3 is 15.2 Å². The Morgan fingerprint density at radius 3 is 2.69 bits per heavy atom. The van der Waals surface area contributed by atoms with Crippen LogP contribution in [-0.2, 0) is 9.47 Å². The van der Waals surface area contributed by atoms with Crippen LogP contribution >= 0.6 is 0 Å². The highest BCUT2D eigenvalue weighted by molar-refractivity contribution is 4.73. The Morgan fingerprint density at radius 1 is 1.38 bits per heavy atom. The molecule has 3 unspecified atom stereocenters. The third-order valence-electron chi connectivity index (χ3n) is 2.51. The molecule has 1 aliphatic rings. The molecule has 1 saturated carbocycles. The fourth-order valence-electron chi connectivity index (χ4n) is 1.76. The second-order valence-electron chi connectivity index (χ2n) is 3.96. The first-order chi connectivity index (χ1) is 6.22. The Morgan fingerprint density at radius 2 is 2.08 bits per heavy atom. The van der Waals surface area contributed by atoms with Crippen molar-refractivity contribution in [2.24, 2.45) is 5.73 Å². The van der Waals surface area contributed by atoms with E-state index in [0.29, 0.717) is 18.8 Å². The highest BCUT2D eigenvalue weighted by atomic mass is 16.5. The van der Waals surface area contributed by atoms with Gasteiger partial charge in [-0.3, -0.25) is 0 Å². The topological polar surface area (TPSA) is 44.5 Å². The van der Waals surface area contributed by atoms with Gasteiger partial charge in [-0.25, -0.2) is 0 Å². The van der Waals surface area contributed by atoms with Crippen LogP contribution < -0.4 is 5.73 Å². The third kappa shape index (κ3) is 4.07. The molecule has 0 bridgehead atoms. The lowest BCUT2D eigenvalue weighted by molar-refractivity contribution is -0.0320. The zero-order chi connectivity index (χ0) is 9.68. The predicted molar refractivity (Wildman–Crippen MR) is 52.7 cm³/mol. The minimum absolute atomic E-state index is 0.142. The number of ether oxygens (including phenoxy) is 2. The van der Waals surface area contributed by atoms with Crippen LogP contribution in [0.2, 0.25) is 0 Å². The van der Waals surface area contributed by atoms with Crippen LogP contribution in [0.3, 0.4) is 0 Å². The molecule has 1 rings (SSSR count). The molecule has 3 nitrogen and oxygen atoms in total. The predicted octanol–water partition coefficient (Wildman–Crippen LogP) is 1.31. The summed E-state index contributed by atoms with van der Waals surface area (Å²) in [5.41, 5.74) is 5.62. The van der Waals surface area contributed by atoms with Crippen molar-refractivity contribution in [2.45, 2.75) is 50.9 Å². The molecule has 13 heavy (non-hydrogen) atoms. The Hall–Kier alpha value is -0.120. The van der Waals surface area contributed by atoms with Crippen molar-refractivity contribution < 1.29 is 9.47 Å². The first-order valence-corrected chi connectivity index (χ1v) is 5.12. The molecular formula is C10H21NO2. The van der Waals surface area contributed by atoms with Gasteiger partial charge in [0.1, 0.15) is 0 Å². The van der Waals surface area contributed by atoms with E-state index in [2.05, 4.69) is 0 Å². The van der Waals surface area contributed by atoms with E-state index in [-0.39, 0.29) is 6.04 Å². The molecule has 78 valence electrons. The lowest BCUT2D eigenvalue weighted by Crippen LogP contribution is -2.31. The van der Waals surface area contributed by atoms with Crippen LogP contribution in [-0.4, -0.2) is 32.0 Å². The summed E-state index contributed by atoms with van der Waals surface area (Å²) in [6, 6.07) is 0.142. The van der Waals surface area contributed by atoms with Crippen molar-refractivity contribution in [3.8, 4) is 0 Å². The molecule has 0 aromatic heterocycles. The van der Waals surface area contributed by atoms with Gasteiger partial charge in [0.25, 0.3) is 0 Å². The average Bonchev–Trinajstić information content (AvgIpc) is 2.15. The van der Waals surface area contributed by atoms with E-state index in [1.807, 2.05) is 6.92 Å². The van der Waals surface area contributed by atoms with Gasteiger partial charge in [0.05, 0.1) is 18.8 Å². The maximum Gasteiger partial charge on any atom is 0.0618 e. The molecule has 0 aromatic carbocycles. The summed E-state index contributed by atoms with van der Waals surface area (Å²) in [6.07, 6.45) is 5.34. The van der Waals surface area contributed by atoms with Gasteiger partial charge in [0.2, 0.25) is 0 Å². The molecule has 3 atom stereocenters. The van der Waals surface area contributed by atoms with E-state index in [4.69, 9.17) is 15.2 Å². The summed E-state index contributed by atoms with van der Waals surface area (Å²) in [4.78, 5) is 0. The zero-order valence-corrected chi connectivity index (χ0v) is 8.66. The number of rotatable bonds is 4. The molecule has 2 N–H and O–H groups in total. The van der Waals surface area contributed by atoms with E-state index in [1.165, 1.54) is 12.8 Å². The number of hydrogen-bond donors (Lipinski definition) is 1. The lowest BCUT2D eigenvalue weighted by Gasteiger charge is -2.28. The maximum absolute atomic E-state index is 5.67. The first kappa shape index (κ1) is 11.0. The van der Waals surface area contributed by atoms with Crippen LogP contribution in [0.25, 0.3) is 0 Å². The van der Waals surface area contributed by atoms with Gasteiger partial charge in [0.15, 0.2) is 0 Å². The summed E-state index contributed by atoms with van der Waals surface area (Å²) in [5, 5.41) is 0. The summed E-state index contributed by atoms with van der Waals surface area (Å²) in [5.74, 6) is 0. The van der Waals surface area contributed by atoms with E-state index in [0.717, 1.165) is 12.8 Å². The molecule has 0 spiro atoms. The highest BCUT2D eigenvalue weighted by Gasteiger charge is 2.22.